The lowest BCUT2D eigenvalue weighted by atomic mass is 9.91. The van der Waals surface area contributed by atoms with Gasteiger partial charge in [0.25, 0.3) is 0 Å². The summed E-state index contributed by atoms with van der Waals surface area (Å²) in [6.45, 7) is 5.66. The zero-order valence-corrected chi connectivity index (χ0v) is 27.8. The van der Waals surface area contributed by atoms with Crippen molar-refractivity contribution in [2.75, 3.05) is 5.32 Å². The third kappa shape index (κ3) is 9.87. The Kier molecular flexibility index (Phi) is 12.0. The first kappa shape index (κ1) is 34.1. The molecule has 0 amide bonds. The van der Waals surface area contributed by atoms with Crippen molar-refractivity contribution in [2.24, 2.45) is 5.92 Å². The van der Waals surface area contributed by atoms with E-state index in [2.05, 4.69) is 66.1 Å². The molecule has 47 heavy (non-hydrogen) atoms. The number of Topliss-reactive ketones (excluding diaryl/α,β-unsaturated/α-hetero) is 1. The summed E-state index contributed by atoms with van der Waals surface area (Å²) in [4.78, 5) is 13.3. The van der Waals surface area contributed by atoms with Crippen molar-refractivity contribution >= 4 is 17.0 Å². The van der Waals surface area contributed by atoms with E-state index in [1.165, 1.54) is 38.5 Å². The second kappa shape index (κ2) is 16.5. The predicted octanol–water partition coefficient (Wildman–Crippen LogP) is 12.0. The molecule has 1 N–H and O–H groups in total. The summed E-state index contributed by atoms with van der Waals surface area (Å²) in [6.07, 6.45) is 26.9. The second-order valence-corrected chi connectivity index (χ2v) is 13.1. The molecule has 3 nitrogen and oxygen atoms in total. The molecule has 2 aromatic rings. The smallest absolute Gasteiger partial charge is 0.387 e. The minimum absolute atomic E-state index is 0.133. The monoisotopic (exact) mass is 635 g/mol. The molecular weight excluding hydrogens is 588 g/mol. The number of carbonyl (C=O) groups excluding carboxylic acids is 1. The van der Waals surface area contributed by atoms with Crippen molar-refractivity contribution < 1.29 is 18.3 Å². The molecule has 3 aliphatic rings. The van der Waals surface area contributed by atoms with Crippen LogP contribution in [-0.4, -0.2) is 12.4 Å². The Balaban J connectivity index is 1.23. The number of ketones is 1. The Labute approximate surface area is 279 Å². The number of nitrogens with one attached hydrogen (secondary N) is 1. The maximum Gasteiger partial charge on any atom is 0.387 e. The van der Waals surface area contributed by atoms with Gasteiger partial charge in [-0.15, -0.1) is 0 Å². The van der Waals surface area contributed by atoms with E-state index in [1.54, 1.807) is 29.8 Å². The van der Waals surface area contributed by atoms with Crippen LogP contribution in [0.2, 0.25) is 0 Å². The SMILES string of the molecule is C=C1C=C2/C(=C\C=C/C/C=C/2Nc2ccc(C(=O)CC(C)CCCC3=CCCCCC3)c(C)c2)CC(c2ccc(OC(F)F)cc2)=C1. The maximum absolute atomic E-state index is 13.3. The Morgan fingerprint density at radius 1 is 1.02 bits per heavy atom. The van der Waals surface area contributed by atoms with Crippen LogP contribution in [0.1, 0.15) is 99.0 Å². The topological polar surface area (TPSA) is 38.3 Å². The zero-order valence-electron chi connectivity index (χ0n) is 27.8. The van der Waals surface area contributed by atoms with Gasteiger partial charge in [-0.2, -0.15) is 8.78 Å². The first-order valence-electron chi connectivity index (χ1n) is 17.1. The van der Waals surface area contributed by atoms with Crippen LogP contribution < -0.4 is 10.1 Å². The van der Waals surface area contributed by atoms with Gasteiger partial charge in [-0.1, -0.05) is 74.1 Å². The number of hydrogen-bond donors (Lipinski definition) is 1. The number of fused-ring (bicyclic) bond motifs is 1. The van der Waals surface area contributed by atoms with Crippen molar-refractivity contribution in [2.45, 2.75) is 91.1 Å². The summed E-state index contributed by atoms with van der Waals surface area (Å²) in [5.41, 5.74) is 10.3. The van der Waals surface area contributed by atoms with E-state index in [-0.39, 0.29) is 11.5 Å². The molecule has 1 unspecified atom stereocenters. The van der Waals surface area contributed by atoms with E-state index in [1.807, 2.05) is 25.1 Å². The van der Waals surface area contributed by atoms with Crippen molar-refractivity contribution in [3.05, 3.63) is 136 Å². The van der Waals surface area contributed by atoms with Crippen molar-refractivity contribution in [3.63, 3.8) is 0 Å². The van der Waals surface area contributed by atoms with Crippen LogP contribution >= 0.6 is 0 Å². The van der Waals surface area contributed by atoms with Crippen LogP contribution in [0.5, 0.6) is 5.75 Å². The number of hydrogen-bond acceptors (Lipinski definition) is 3. The van der Waals surface area contributed by atoms with Crippen LogP contribution in [0.25, 0.3) is 5.57 Å². The van der Waals surface area contributed by atoms with Gasteiger partial charge in [0.2, 0.25) is 0 Å². The second-order valence-electron chi connectivity index (χ2n) is 13.1. The maximum atomic E-state index is 13.3. The van der Waals surface area contributed by atoms with Crippen LogP contribution in [0.3, 0.4) is 0 Å². The van der Waals surface area contributed by atoms with Crippen LogP contribution in [0, 0.1) is 12.8 Å². The number of alkyl halides is 2. The van der Waals surface area contributed by atoms with E-state index in [4.69, 9.17) is 0 Å². The molecule has 0 aliphatic heterocycles. The zero-order chi connectivity index (χ0) is 33.2. The molecule has 0 saturated carbocycles. The van der Waals surface area contributed by atoms with Gasteiger partial charge in [-0.25, -0.2) is 0 Å². The molecule has 0 bridgehead atoms. The fraction of sp³-hybridized carbons (Fsp3) is 0.357. The third-order valence-corrected chi connectivity index (χ3v) is 9.22. The summed E-state index contributed by atoms with van der Waals surface area (Å²) in [5.74, 6) is 0.710. The van der Waals surface area contributed by atoms with Gasteiger partial charge in [-0.3, -0.25) is 4.79 Å². The van der Waals surface area contributed by atoms with Crippen LogP contribution in [-0.2, 0) is 0 Å². The predicted molar refractivity (Wildman–Crippen MR) is 191 cm³/mol. The lowest BCUT2D eigenvalue weighted by Gasteiger charge is -2.20. The van der Waals surface area contributed by atoms with E-state index < -0.39 is 6.61 Å². The number of aryl methyl sites for hydroxylation is 1. The molecule has 0 heterocycles. The summed E-state index contributed by atoms with van der Waals surface area (Å²) >= 11 is 0. The van der Waals surface area contributed by atoms with Crippen molar-refractivity contribution in [3.8, 4) is 5.75 Å². The van der Waals surface area contributed by atoms with Crippen LogP contribution in [0.15, 0.2) is 120 Å². The molecule has 0 radical (unpaired) electrons. The third-order valence-electron chi connectivity index (χ3n) is 9.22. The number of allylic oxidation sites excluding steroid dienone is 11. The number of ether oxygens (including phenoxy) is 1. The van der Waals surface area contributed by atoms with Gasteiger partial charge in [0.15, 0.2) is 5.78 Å². The number of halogens is 2. The minimum atomic E-state index is -2.85. The summed E-state index contributed by atoms with van der Waals surface area (Å²) in [7, 11) is 0. The Morgan fingerprint density at radius 2 is 1.85 bits per heavy atom. The molecule has 2 aromatic carbocycles. The largest absolute Gasteiger partial charge is 0.435 e. The molecule has 0 fully saturated rings. The molecule has 0 saturated heterocycles. The fourth-order valence-corrected chi connectivity index (χ4v) is 6.73. The van der Waals surface area contributed by atoms with Gasteiger partial charge >= 0.3 is 6.61 Å². The summed E-state index contributed by atoms with van der Waals surface area (Å²) in [5, 5.41) is 3.64. The number of rotatable bonds is 12. The van der Waals surface area contributed by atoms with E-state index >= 15 is 0 Å². The number of benzene rings is 2. The molecule has 0 spiro atoms. The number of anilines is 1. The average molecular weight is 636 g/mol. The molecular formula is C42H47F2NO2. The Hall–Kier alpha value is -4.25. The summed E-state index contributed by atoms with van der Waals surface area (Å²) in [6, 6.07) is 12.8. The molecule has 1 atom stereocenters. The summed E-state index contributed by atoms with van der Waals surface area (Å²) < 4.78 is 29.8. The Morgan fingerprint density at radius 3 is 2.64 bits per heavy atom. The molecule has 5 heteroatoms. The van der Waals surface area contributed by atoms with Gasteiger partial charge in [-0.05, 0) is 135 Å². The quantitative estimate of drug-likeness (QED) is 0.186. The van der Waals surface area contributed by atoms with Gasteiger partial charge in [0.05, 0.1) is 0 Å². The standard InChI is InChI=1S/C42H47F2NO2/c1-29(12-11-15-32-13-7-4-5-8-14-32)26-41(46)38-23-20-36(27-31(38)3)45-40-17-10-6-9-16-34-28-35(24-30(2)25-39(34)40)33-18-21-37(22-19-33)47-42(43)44/h6,9,13,16-25,27,29,42,45H,2,4-5,7-8,10-12,14-15,26,28H2,1,3H3/b9-6-,34-16-,40-17-. The minimum Gasteiger partial charge on any atom is -0.435 e. The van der Waals surface area contributed by atoms with Gasteiger partial charge < -0.3 is 10.1 Å². The van der Waals surface area contributed by atoms with Gasteiger partial charge in [0, 0.05) is 28.9 Å². The van der Waals surface area contributed by atoms with Gasteiger partial charge in [0.1, 0.15) is 5.75 Å². The highest BCUT2D eigenvalue weighted by atomic mass is 19.3. The normalized spacial score (nSPS) is 20.4. The average Bonchev–Trinajstić information content (AvgIpc) is 3.38. The Bertz CT molecular complexity index is 1630. The van der Waals surface area contributed by atoms with E-state index in [9.17, 15) is 13.6 Å². The fourth-order valence-electron chi connectivity index (χ4n) is 6.73. The number of carbonyl (C=O) groups is 1. The highest BCUT2D eigenvalue weighted by Crippen LogP contribution is 2.37. The van der Waals surface area contributed by atoms with Crippen molar-refractivity contribution in [1.29, 1.82) is 0 Å². The lowest BCUT2D eigenvalue weighted by Crippen LogP contribution is -2.10. The van der Waals surface area contributed by atoms with Crippen molar-refractivity contribution in [1.82, 2.24) is 0 Å². The molecule has 3 aliphatic carbocycles. The van der Waals surface area contributed by atoms with E-state index in [0.717, 1.165) is 69.6 Å². The van der Waals surface area contributed by atoms with E-state index in [0.29, 0.717) is 18.8 Å². The molecule has 5 rings (SSSR count). The molecule has 0 aromatic heterocycles. The first-order valence-corrected chi connectivity index (χ1v) is 17.1. The van der Waals surface area contributed by atoms with Crippen LogP contribution in [0.4, 0.5) is 14.5 Å². The molecule has 246 valence electrons. The highest BCUT2D eigenvalue weighted by Gasteiger charge is 2.20. The first-order chi connectivity index (χ1) is 22.7. The lowest BCUT2D eigenvalue weighted by molar-refractivity contribution is -0.0498. The highest BCUT2D eigenvalue weighted by molar-refractivity contribution is 5.98.